The van der Waals surface area contributed by atoms with Crippen molar-refractivity contribution in [3.05, 3.63) is 12.7 Å². The van der Waals surface area contributed by atoms with Gasteiger partial charge in [0.1, 0.15) is 12.7 Å². The molecule has 0 saturated heterocycles. The van der Waals surface area contributed by atoms with Crippen molar-refractivity contribution in [1.29, 1.82) is 0 Å². The fraction of sp³-hybridized carbons (Fsp3) is 0.444. The van der Waals surface area contributed by atoms with Crippen molar-refractivity contribution in [3.63, 3.8) is 0 Å². The van der Waals surface area contributed by atoms with Gasteiger partial charge in [-0.15, -0.1) is 0 Å². The highest BCUT2D eigenvalue weighted by molar-refractivity contribution is 5.37. The lowest BCUT2D eigenvalue weighted by molar-refractivity contribution is 0.281. The molecule has 0 spiro atoms. The topological polar surface area (TPSA) is 114 Å². The number of aromatic nitrogens is 6. The number of nitrogens with zero attached hydrogens (tertiary/aromatic N) is 6. The van der Waals surface area contributed by atoms with Gasteiger partial charge in [0, 0.05) is 13.1 Å². The minimum atomic E-state index is -0.152. The molecule has 1 atom stereocenters. The Morgan fingerprint density at radius 3 is 2.72 bits per heavy atom. The molecule has 96 valence electrons. The summed E-state index contributed by atoms with van der Waals surface area (Å²) in [4.78, 5) is 16.3. The third-order valence-electron chi connectivity index (χ3n) is 2.12. The van der Waals surface area contributed by atoms with Crippen LogP contribution in [0.5, 0.6) is 0 Å². The molecule has 0 aromatic carbocycles. The fourth-order valence-electron chi connectivity index (χ4n) is 1.22. The zero-order valence-corrected chi connectivity index (χ0v) is 10.1. The molecule has 2 aromatic rings. The van der Waals surface area contributed by atoms with E-state index in [1.54, 1.807) is 7.05 Å². The van der Waals surface area contributed by atoms with Crippen LogP contribution in [0.25, 0.3) is 5.95 Å². The second-order valence-electron chi connectivity index (χ2n) is 3.60. The molecule has 0 radical (unpaired) electrons. The molecule has 0 amide bonds. The van der Waals surface area contributed by atoms with E-state index in [9.17, 15) is 0 Å². The van der Waals surface area contributed by atoms with Crippen LogP contribution in [-0.2, 0) is 0 Å². The largest absolute Gasteiger partial charge is 0.394 e. The van der Waals surface area contributed by atoms with Crippen molar-refractivity contribution in [2.45, 2.75) is 13.0 Å². The molecule has 1 unspecified atom stereocenters. The lowest BCUT2D eigenvalue weighted by Crippen LogP contribution is -2.22. The van der Waals surface area contributed by atoms with Gasteiger partial charge in [-0.25, -0.2) is 4.98 Å². The second-order valence-corrected chi connectivity index (χ2v) is 3.60. The summed E-state index contributed by atoms with van der Waals surface area (Å²) in [5, 5.41) is 18.7. The Hall–Kier alpha value is -2.29. The smallest absolute Gasteiger partial charge is 0.258 e. The standard InChI is InChI=1S/C9H14N8O/c1-6(3-18)13-8-14-7(10-2)15-9(16-8)17-5-11-4-12-17/h4-6,18H,3H2,1-2H3,(H2,10,13,14,15,16). The average Bonchev–Trinajstić information content (AvgIpc) is 2.92. The van der Waals surface area contributed by atoms with Crippen molar-refractivity contribution >= 4 is 11.9 Å². The van der Waals surface area contributed by atoms with Crippen LogP contribution in [0, 0.1) is 0 Å². The van der Waals surface area contributed by atoms with E-state index < -0.39 is 0 Å². The normalized spacial score (nSPS) is 12.2. The maximum Gasteiger partial charge on any atom is 0.258 e. The SMILES string of the molecule is CNc1nc(NC(C)CO)nc(-n2cncn2)n1. The summed E-state index contributed by atoms with van der Waals surface area (Å²) in [7, 11) is 1.71. The second kappa shape index (κ2) is 5.36. The summed E-state index contributed by atoms with van der Waals surface area (Å²) in [6, 6.07) is -0.152. The van der Waals surface area contributed by atoms with Crippen molar-refractivity contribution in [2.75, 3.05) is 24.3 Å². The van der Waals surface area contributed by atoms with E-state index in [-0.39, 0.29) is 12.6 Å². The number of aliphatic hydroxyl groups is 1. The van der Waals surface area contributed by atoms with Gasteiger partial charge >= 0.3 is 0 Å². The molecule has 2 aromatic heterocycles. The monoisotopic (exact) mass is 250 g/mol. The van der Waals surface area contributed by atoms with Crippen LogP contribution in [0.4, 0.5) is 11.9 Å². The number of hydrogen-bond donors (Lipinski definition) is 3. The zero-order chi connectivity index (χ0) is 13.0. The van der Waals surface area contributed by atoms with Crippen LogP contribution < -0.4 is 10.6 Å². The summed E-state index contributed by atoms with van der Waals surface area (Å²) >= 11 is 0. The Morgan fingerprint density at radius 2 is 2.11 bits per heavy atom. The Balaban J connectivity index is 2.33. The first-order chi connectivity index (χ1) is 8.72. The lowest BCUT2D eigenvalue weighted by Gasteiger charge is -2.12. The van der Waals surface area contributed by atoms with E-state index >= 15 is 0 Å². The van der Waals surface area contributed by atoms with E-state index in [2.05, 4.69) is 35.7 Å². The first kappa shape index (κ1) is 12.2. The third kappa shape index (κ3) is 2.69. The van der Waals surface area contributed by atoms with Gasteiger partial charge in [0.05, 0.1) is 6.61 Å². The summed E-state index contributed by atoms with van der Waals surface area (Å²) in [5.41, 5.74) is 0. The van der Waals surface area contributed by atoms with Gasteiger partial charge in [-0.1, -0.05) is 0 Å². The van der Waals surface area contributed by atoms with E-state index in [0.717, 1.165) is 0 Å². The molecule has 0 aliphatic rings. The average molecular weight is 250 g/mol. The molecule has 2 rings (SSSR count). The molecule has 0 aliphatic carbocycles. The maximum atomic E-state index is 9.00. The lowest BCUT2D eigenvalue weighted by atomic mass is 10.4. The summed E-state index contributed by atoms with van der Waals surface area (Å²) in [6.45, 7) is 1.80. The molecule has 2 heterocycles. The number of anilines is 2. The van der Waals surface area contributed by atoms with Crippen LogP contribution >= 0.6 is 0 Å². The highest BCUT2D eigenvalue weighted by Crippen LogP contribution is 2.08. The van der Waals surface area contributed by atoms with Crippen molar-refractivity contribution in [3.8, 4) is 5.95 Å². The van der Waals surface area contributed by atoms with Crippen LogP contribution in [0.2, 0.25) is 0 Å². The van der Waals surface area contributed by atoms with E-state index in [4.69, 9.17) is 5.11 Å². The number of nitrogens with one attached hydrogen (secondary N) is 2. The van der Waals surface area contributed by atoms with Crippen LogP contribution in [0.1, 0.15) is 6.92 Å². The Morgan fingerprint density at radius 1 is 1.33 bits per heavy atom. The molecule has 0 saturated carbocycles. The van der Waals surface area contributed by atoms with Gasteiger partial charge < -0.3 is 15.7 Å². The maximum absolute atomic E-state index is 9.00. The quantitative estimate of drug-likeness (QED) is 0.637. The molecule has 0 fully saturated rings. The molecule has 18 heavy (non-hydrogen) atoms. The highest BCUT2D eigenvalue weighted by atomic mass is 16.3. The van der Waals surface area contributed by atoms with Crippen molar-refractivity contribution in [1.82, 2.24) is 29.7 Å². The van der Waals surface area contributed by atoms with Gasteiger partial charge in [0.15, 0.2) is 0 Å². The third-order valence-corrected chi connectivity index (χ3v) is 2.12. The van der Waals surface area contributed by atoms with Crippen LogP contribution in [0.15, 0.2) is 12.7 Å². The van der Waals surface area contributed by atoms with Gasteiger partial charge in [-0.2, -0.15) is 24.7 Å². The predicted molar refractivity (Wildman–Crippen MR) is 64.5 cm³/mol. The Labute approximate surface area is 103 Å². The molecule has 9 nitrogen and oxygen atoms in total. The molecule has 9 heteroatoms. The molecule has 0 aliphatic heterocycles. The summed E-state index contributed by atoms with van der Waals surface area (Å²) in [6.07, 6.45) is 2.89. The van der Waals surface area contributed by atoms with Gasteiger partial charge in [-0.3, -0.25) is 0 Å². The fourth-order valence-corrected chi connectivity index (χ4v) is 1.22. The molecular weight excluding hydrogens is 236 g/mol. The minimum absolute atomic E-state index is 0.0147. The Kier molecular flexibility index (Phi) is 3.63. The first-order valence-electron chi connectivity index (χ1n) is 5.39. The summed E-state index contributed by atoms with van der Waals surface area (Å²) < 4.78 is 1.43. The van der Waals surface area contributed by atoms with Crippen LogP contribution in [0.3, 0.4) is 0 Å². The highest BCUT2D eigenvalue weighted by Gasteiger charge is 2.09. The summed E-state index contributed by atoms with van der Waals surface area (Å²) in [5.74, 6) is 1.11. The van der Waals surface area contributed by atoms with Crippen LogP contribution in [-0.4, -0.2) is 54.5 Å². The molecule has 0 bridgehead atoms. The van der Waals surface area contributed by atoms with E-state index in [1.165, 1.54) is 17.3 Å². The molecule has 3 N–H and O–H groups in total. The van der Waals surface area contributed by atoms with Gasteiger partial charge in [-0.05, 0) is 6.92 Å². The number of hydrogen-bond acceptors (Lipinski definition) is 8. The van der Waals surface area contributed by atoms with Crippen molar-refractivity contribution < 1.29 is 5.11 Å². The first-order valence-corrected chi connectivity index (χ1v) is 5.39. The van der Waals surface area contributed by atoms with E-state index in [0.29, 0.717) is 17.8 Å². The zero-order valence-electron chi connectivity index (χ0n) is 10.1. The predicted octanol–water partition coefficient (Wildman–Crippen LogP) is -0.713. The minimum Gasteiger partial charge on any atom is -0.394 e. The number of aliphatic hydroxyl groups excluding tert-OH is 1. The van der Waals surface area contributed by atoms with Gasteiger partial charge in [0.2, 0.25) is 11.9 Å². The van der Waals surface area contributed by atoms with E-state index in [1.807, 2.05) is 6.92 Å². The number of rotatable bonds is 5. The Bertz CT molecular complexity index is 499. The van der Waals surface area contributed by atoms with Gasteiger partial charge in [0.25, 0.3) is 5.95 Å². The molecular formula is C9H14N8O. The van der Waals surface area contributed by atoms with Crippen molar-refractivity contribution in [2.24, 2.45) is 0 Å².